The molecule has 10 nitrogen and oxygen atoms in total. The molecule has 0 radical (unpaired) electrons. The maximum Gasteiger partial charge on any atom is 0.289 e. The van der Waals surface area contributed by atoms with Crippen LogP contribution in [0, 0.1) is 18.6 Å². The lowest BCUT2D eigenvalue weighted by Crippen LogP contribution is -2.28. The summed E-state index contributed by atoms with van der Waals surface area (Å²) >= 11 is 19.0. The molecule has 0 fully saturated rings. The number of primary amides is 1. The molecule has 0 saturated carbocycles. The molecule has 2 aromatic heterocycles. The van der Waals surface area contributed by atoms with Gasteiger partial charge in [-0.2, -0.15) is 19.6 Å². The van der Waals surface area contributed by atoms with E-state index in [1.807, 2.05) is 30.1 Å². The van der Waals surface area contributed by atoms with E-state index < -0.39 is 23.1 Å². The van der Waals surface area contributed by atoms with Crippen LogP contribution >= 0.6 is 55.1 Å². The predicted octanol–water partition coefficient (Wildman–Crippen LogP) is 8.24. The Bertz CT molecular complexity index is 2430. The van der Waals surface area contributed by atoms with Crippen molar-refractivity contribution >= 4 is 66.7 Å². The van der Waals surface area contributed by atoms with Crippen molar-refractivity contribution in [3.8, 4) is 17.1 Å². The minimum Gasteiger partial charge on any atom is -0.486 e. The molecule has 0 atom stereocenters. The van der Waals surface area contributed by atoms with E-state index in [4.69, 9.17) is 33.7 Å². The third kappa shape index (κ3) is 9.42. The zero-order valence-electron chi connectivity index (χ0n) is 28.6. The van der Waals surface area contributed by atoms with Crippen molar-refractivity contribution in [2.24, 2.45) is 5.73 Å². The summed E-state index contributed by atoms with van der Waals surface area (Å²) in [5.41, 5.74) is 8.21. The average molecular weight is 903 g/mol. The number of anilines is 1. The Hall–Kier alpha value is -4.89. The number of carbonyl (C=O) groups excluding carboxylic acids is 1. The molecule has 278 valence electrons. The number of halogens is 6. The molecule has 0 aliphatic heterocycles. The highest BCUT2D eigenvalue weighted by molar-refractivity contribution is 9.11. The lowest BCUT2D eigenvalue weighted by molar-refractivity contribution is 0.1000. The molecular weight excluding hydrogens is 873 g/mol. The molecule has 1 amide bonds. The van der Waals surface area contributed by atoms with E-state index in [1.165, 1.54) is 28.6 Å². The lowest BCUT2D eigenvalue weighted by Gasteiger charge is -2.21. The van der Waals surface area contributed by atoms with E-state index in [9.17, 15) is 23.2 Å². The first-order valence-electron chi connectivity index (χ1n) is 16.0. The molecule has 0 aliphatic carbocycles. The highest BCUT2D eigenvalue weighted by Gasteiger charge is 2.18. The molecule has 54 heavy (non-hydrogen) atoms. The van der Waals surface area contributed by atoms with Crippen LogP contribution < -0.4 is 26.5 Å². The van der Waals surface area contributed by atoms with Crippen LogP contribution in [0.25, 0.3) is 11.4 Å². The second kappa shape index (κ2) is 18.0. The minimum absolute atomic E-state index is 0.0638. The van der Waals surface area contributed by atoms with Crippen LogP contribution in [0.3, 0.4) is 0 Å². The number of para-hydroxylation sites is 1. The van der Waals surface area contributed by atoms with Gasteiger partial charge in [0.05, 0.1) is 33.8 Å². The van der Waals surface area contributed by atoms with Gasteiger partial charge in [0.2, 0.25) is 5.91 Å². The molecule has 6 aromatic rings. The number of amides is 1. The lowest BCUT2D eigenvalue weighted by atomic mass is 10.1. The number of aromatic nitrogens is 4. The number of aryl methyl sites for hydroxylation is 1. The molecule has 0 unspecified atom stereocenters. The van der Waals surface area contributed by atoms with Gasteiger partial charge in [0.25, 0.3) is 11.1 Å². The summed E-state index contributed by atoms with van der Waals surface area (Å²) in [5, 5.41) is 9.06. The maximum absolute atomic E-state index is 13.7. The summed E-state index contributed by atoms with van der Waals surface area (Å²) < 4.78 is 34.9. The van der Waals surface area contributed by atoms with Crippen molar-refractivity contribution in [2.75, 3.05) is 18.5 Å². The van der Waals surface area contributed by atoms with Gasteiger partial charge < -0.3 is 15.4 Å². The van der Waals surface area contributed by atoms with Gasteiger partial charge in [-0.15, -0.1) is 0 Å². The first-order chi connectivity index (χ1) is 25.8. The number of hydrogen-bond donors (Lipinski definition) is 1. The fraction of sp³-hybridized carbons (Fsp3) is 0.132. The molecule has 2 heterocycles. The van der Waals surface area contributed by atoms with Gasteiger partial charge in [-0.25, -0.2) is 8.78 Å². The van der Waals surface area contributed by atoms with E-state index in [1.54, 1.807) is 43.5 Å². The number of hydrogen-bond acceptors (Lipinski definition) is 7. The van der Waals surface area contributed by atoms with Crippen LogP contribution in [-0.4, -0.2) is 39.1 Å². The highest BCUT2D eigenvalue weighted by Crippen LogP contribution is 2.29. The van der Waals surface area contributed by atoms with Gasteiger partial charge in [-0.3, -0.25) is 14.4 Å². The zero-order valence-corrected chi connectivity index (χ0v) is 33.3. The van der Waals surface area contributed by atoms with Gasteiger partial charge in [-0.05, 0) is 92.7 Å². The average Bonchev–Trinajstić information content (AvgIpc) is 3.14. The summed E-state index contributed by atoms with van der Waals surface area (Å²) in [5.74, 6) is -1.99. The topological polar surface area (TPSA) is 125 Å². The van der Waals surface area contributed by atoms with Gasteiger partial charge in [0.1, 0.15) is 32.9 Å². The monoisotopic (exact) mass is 900 g/mol. The molecule has 0 spiro atoms. The zero-order chi connectivity index (χ0) is 39.1. The van der Waals surface area contributed by atoms with Gasteiger partial charge in [0, 0.05) is 30.8 Å². The van der Waals surface area contributed by atoms with E-state index >= 15 is 0 Å². The summed E-state index contributed by atoms with van der Waals surface area (Å²) in [7, 11) is 1.93. The standard InChI is InChI=1S/C19H16BrCl2N3O.C19H14BrF2N3O3/c1-24(11-10-13-6-3-2-4-7-13)16-12-23-25(19(26)17(16)20)18-14(21)8-5-9-15(18)22;1-10-2-3-11(18(23)26)6-15(10)25-19(27)17(20)16(8-24-25)28-9-12-4-5-13(21)7-14(12)22/h2-9,12H,10-11H2,1H3;2-8H,9H2,1H3,(H2,23,26). The fourth-order valence-corrected chi connectivity index (χ4v) is 6.59. The molecule has 16 heteroatoms. The van der Waals surface area contributed by atoms with Crippen LogP contribution in [0.2, 0.25) is 10.0 Å². The third-order valence-electron chi connectivity index (χ3n) is 8.05. The van der Waals surface area contributed by atoms with Crippen molar-refractivity contribution in [1.29, 1.82) is 0 Å². The number of nitrogens with zero attached hydrogens (tertiary/aromatic N) is 5. The van der Waals surface area contributed by atoms with Crippen molar-refractivity contribution in [1.82, 2.24) is 19.6 Å². The van der Waals surface area contributed by atoms with Crippen LogP contribution in [0.5, 0.6) is 5.75 Å². The van der Waals surface area contributed by atoms with E-state index in [-0.39, 0.29) is 33.5 Å². The molecule has 0 aliphatic rings. The minimum atomic E-state index is -0.753. The van der Waals surface area contributed by atoms with Crippen molar-refractivity contribution in [2.45, 2.75) is 20.0 Å². The molecule has 2 N–H and O–H groups in total. The third-order valence-corrected chi connectivity index (χ3v) is 10.1. The van der Waals surface area contributed by atoms with E-state index in [2.05, 4.69) is 54.2 Å². The number of ether oxygens (including phenoxy) is 1. The first-order valence-corrected chi connectivity index (χ1v) is 18.3. The second-order valence-corrected chi connectivity index (χ2v) is 14.1. The summed E-state index contributed by atoms with van der Waals surface area (Å²) in [6.07, 6.45) is 3.78. The summed E-state index contributed by atoms with van der Waals surface area (Å²) in [4.78, 5) is 38.9. The largest absolute Gasteiger partial charge is 0.486 e. The number of benzene rings is 4. The Morgan fingerprint density at radius 3 is 2.20 bits per heavy atom. The van der Waals surface area contributed by atoms with Gasteiger partial charge in [-0.1, -0.05) is 65.7 Å². The van der Waals surface area contributed by atoms with Crippen LogP contribution in [0.4, 0.5) is 14.5 Å². The summed E-state index contributed by atoms with van der Waals surface area (Å²) in [6, 6.07) is 23.0. The molecule has 0 saturated heterocycles. The predicted molar refractivity (Wildman–Crippen MR) is 212 cm³/mol. The fourth-order valence-electron chi connectivity index (χ4n) is 5.08. The number of carbonyl (C=O) groups is 1. The number of rotatable bonds is 10. The Kier molecular flexibility index (Phi) is 13.4. The SMILES string of the molecule is CN(CCc1ccccc1)c1cnn(-c2c(Cl)cccc2Cl)c(=O)c1Br.Cc1ccc(C(N)=O)cc1-n1ncc(OCc2ccc(F)cc2F)c(Br)c1=O. The van der Waals surface area contributed by atoms with Gasteiger partial charge >= 0.3 is 0 Å². The Morgan fingerprint density at radius 1 is 0.870 bits per heavy atom. The number of likely N-dealkylation sites (N-methyl/N-ethyl adjacent to an activating group) is 1. The quantitative estimate of drug-likeness (QED) is 0.147. The van der Waals surface area contributed by atoms with Crippen molar-refractivity contribution in [3.63, 3.8) is 0 Å². The highest BCUT2D eigenvalue weighted by atomic mass is 79.9. The van der Waals surface area contributed by atoms with Gasteiger partial charge in [0.15, 0.2) is 5.75 Å². The van der Waals surface area contributed by atoms with Crippen LogP contribution in [0.1, 0.15) is 27.0 Å². The smallest absolute Gasteiger partial charge is 0.289 e. The van der Waals surface area contributed by atoms with Crippen LogP contribution in [0.15, 0.2) is 116 Å². The van der Waals surface area contributed by atoms with E-state index in [0.717, 1.165) is 29.8 Å². The Balaban J connectivity index is 0.000000208. The normalized spacial score (nSPS) is 10.7. The molecule has 6 rings (SSSR count). The Morgan fingerprint density at radius 2 is 1.54 bits per heavy atom. The van der Waals surface area contributed by atoms with Crippen LogP contribution in [-0.2, 0) is 13.0 Å². The second-order valence-electron chi connectivity index (χ2n) is 11.7. The maximum atomic E-state index is 13.7. The van der Waals surface area contributed by atoms with Crippen molar-refractivity contribution in [3.05, 3.63) is 171 Å². The van der Waals surface area contributed by atoms with E-state index in [0.29, 0.717) is 37.1 Å². The molecule has 4 aromatic carbocycles. The van der Waals surface area contributed by atoms with Crippen molar-refractivity contribution < 1.29 is 18.3 Å². The molecule has 0 bridgehead atoms. The summed E-state index contributed by atoms with van der Waals surface area (Å²) in [6.45, 7) is 2.29. The number of nitrogens with two attached hydrogens (primary N) is 1. The Labute approximate surface area is 335 Å². The molecular formula is C38H30Br2Cl2F2N6O4. The first kappa shape index (κ1) is 40.3.